The third kappa shape index (κ3) is 6.93. The summed E-state index contributed by atoms with van der Waals surface area (Å²) in [4.78, 5) is 26.3. The second-order valence-corrected chi connectivity index (χ2v) is 11.1. The third-order valence-electron chi connectivity index (χ3n) is 5.47. The summed E-state index contributed by atoms with van der Waals surface area (Å²) in [6.07, 6.45) is 1.10. The molecular formula is C27H30N2O5S. The highest BCUT2D eigenvalue weighted by atomic mass is 32.2. The van der Waals surface area contributed by atoms with Crippen LogP contribution in [0.3, 0.4) is 0 Å². The van der Waals surface area contributed by atoms with Crippen molar-refractivity contribution in [1.82, 2.24) is 0 Å². The number of esters is 1. The number of sulfonamides is 1. The minimum Gasteiger partial charge on any atom is -0.462 e. The Bertz CT molecular complexity index is 1290. The van der Waals surface area contributed by atoms with Crippen LogP contribution in [0, 0.1) is 0 Å². The maximum Gasteiger partial charge on any atom is 0.397 e. The minimum atomic E-state index is -3.35. The smallest absolute Gasteiger partial charge is 0.397 e. The van der Waals surface area contributed by atoms with Gasteiger partial charge in [-0.15, -0.1) is 0 Å². The Morgan fingerprint density at radius 1 is 0.857 bits per heavy atom. The molecule has 0 radical (unpaired) electrons. The van der Waals surface area contributed by atoms with E-state index in [4.69, 9.17) is 0 Å². The molecule has 3 aromatic carbocycles. The largest absolute Gasteiger partial charge is 0.462 e. The van der Waals surface area contributed by atoms with Gasteiger partial charge in [-0.3, -0.25) is 14.4 Å². The Hall–Kier alpha value is -3.65. The number of anilines is 2. The lowest BCUT2D eigenvalue weighted by atomic mass is 9.87. The van der Waals surface area contributed by atoms with Crippen LogP contribution in [0.1, 0.15) is 31.9 Å². The number of nitrogens with one attached hydrogen (secondary N) is 1. The Balaban J connectivity index is 1.86. The first-order valence-corrected chi connectivity index (χ1v) is 12.9. The van der Waals surface area contributed by atoms with Gasteiger partial charge in [0.25, 0.3) is 0 Å². The molecule has 35 heavy (non-hydrogen) atoms. The summed E-state index contributed by atoms with van der Waals surface area (Å²) in [6.45, 7) is 6.61. The van der Waals surface area contributed by atoms with Gasteiger partial charge in [0, 0.05) is 11.4 Å². The maximum atomic E-state index is 12.8. The molecule has 3 rings (SSSR count). The number of hydrogen-bond donors (Lipinski definition) is 1. The fourth-order valence-electron chi connectivity index (χ4n) is 3.55. The van der Waals surface area contributed by atoms with E-state index in [1.807, 2.05) is 36.4 Å². The molecule has 0 saturated carbocycles. The fourth-order valence-corrected chi connectivity index (χ4v) is 4.11. The van der Waals surface area contributed by atoms with Gasteiger partial charge in [0.05, 0.1) is 19.9 Å². The summed E-state index contributed by atoms with van der Waals surface area (Å²) in [5, 5.41) is 0. The highest BCUT2D eigenvalue weighted by Gasteiger charge is 2.24. The Kier molecular flexibility index (Phi) is 7.65. The van der Waals surface area contributed by atoms with Gasteiger partial charge in [0.1, 0.15) is 0 Å². The van der Waals surface area contributed by atoms with Crippen LogP contribution in [0.15, 0.2) is 72.8 Å². The lowest BCUT2D eigenvalue weighted by molar-refractivity contribution is -0.151. The summed E-state index contributed by atoms with van der Waals surface area (Å²) in [6, 6.07) is 22.2. The molecule has 0 aromatic heterocycles. The molecule has 0 saturated heterocycles. The summed E-state index contributed by atoms with van der Waals surface area (Å²) in [5.41, 5.74) is 4.84. The minimum absolute atomic E-state index is 0.00887. The van der Waals surface area contributed by atoms with Gasteiger partial charge in [0.2, 0.25) is 10.0 Å². The van der Waals surface area contributed by atoms with E-state index in [1.165, 1.54) is 17.6 Å². The molecule has 0 spiro atoms. The third-order valence-corrected chi connectivity index (χ3v) is 6.07. The first-order chi connectivity index (χ1) is 16.4. The Morgan fingerprint density at radius 3 is 1.83 bits per heavy atom. The van der Waals surface area contributed by atoms with Gasteiger partial charge in [-0.25, -0.2) is 13.2 Å². The van der Waals surface area contributed by atoms with E-state index >= 15 is 0 Å². The van der Waals surface area contributed by atoms with Crippen LogP contribution in [-0.4, -0.2) is 33.7 Å². The van der Waals surface area contributed by atoms with Crippen molar-refractivity contribution in [1.29, 1.82) is 0 Å². The quantitative estimate of drug-likeness (QED) is 0.395. The van der Waals surface area contributed by atoms with Crippen molar-refractivity contribution in [3.05, 3.63) is 83.9 Å². The molecule has 0 atom stereocenters. The predicted octanol–water partition coefficient (Wildman–Crippen LogP) is 4.73. The SMILES string of the molecule is COC(=O)C(=O)N(Cc1ccc(C(C)(C)C)cc1)c1ccc(-c2ccc(NS(C)(=O)=O)cc2)cc1. The summed E-state index contributed by atoms with van der Waals surface area (Å²) in [7, 11) is -2.17. The number of amides is 1. The second kappa shape index (κ2) is 10.3. The standard InChI is InChI=1S/C27H30N2O5S/c1-27(2,3)22-12-6-19(7-13-22)18-29(25(30)26(31)34-4)24-16-10-21(11-17-24)20-8-14-23(15-9-20)28-35(5,32)33/h6-17,28H,18H2,1-5H3. The molecule has 0 bridgehead atoms. The average Bonchev–Trinajstić information content (AvgIpc) is 2.81. The molecule has 3 aromatic rings. The molecule has 1 amide bonds. The highest BCUT2D eigenvalue weighted by molar-refractivity contribution is 7.92. The molecule has 0 aliphatic rings. The number of hydrogen-bond acceptors (Lipinski definition) is 5. The summed E-state index contributed by atoms with van der Waals surface area (Å²) in [5.74, 6) is -1.69. The lowest BCUT2D eigenvalue weighted by Gasteiger charge is -2.23. The van der Waals surface area contributed by atoms with Crippen molar-refractivity contribution in [2.75, 3.05) is 23.0 Å². The number of ether oxygens (including phenoxy) is 1. The van der Waals surface area contributed by atoms with E-state index < -0.39 is 21.9 Å². The fraction of sp³-hybridized carbons (Fsp3) is 0.259. The molecule has 7 nitrogen and oxygen atoms in total. The molecule has 0 aliphatic heterocycles. The maximum absolute atomic E-state index is 12.8. The van der Waals surface area contributed by atoms with Crippen LogP contribution in [-0.2, 0) is 36.3 Å². The molecule has 0 aliphatic carbocycles. The molecule has 0 fully saturated rings. The number of benzene rings is 3. The van der Waals surface area contributed by atoms with Crippen molar-refractivity contribution in [2.24, 2.45) is 0 Å². The van der Waals surface area contributed by atoms with Gasteiger partial charge < -0.3 is 4.74 Å². The number of carbonyl (C=O) groups is 2. The Labute approximate surface area is 206 Å². The van der Waals surface area contributed by atoms with Gasteiger partial charge in [-0.1, -0.05) is 69.3 Å². The average molecular weight is 495 g/mol. The predicted molar refractivity (Wildman–Crippen MR) is 139 cm³/mol. The zero-order chi connectivity index (χ0) is 25.8. The van der Waals surface area contributed by atoms with Crippen LogP contribution in [0.25, 0.3) is 11.1 Å². The molecule has 8 heteroatoms. The van der Waals surface area contributed by atoms with Gasteiger partial charge >= 0.3 is 11.9 Å². The zero-order valence-electron chi connectivity index (χ0n) is 20.5. The van der Waals surface area contributed by atoms with E-state index in [-0.39, 0.29) is 12.0 Å². The van der Waals surface area contributed by atoms with Crippen molar-refractivity contribution in [3.8, 4) is 11.1 Å². The number of rotatable bonds is 6. The second-order valence-electron chi connectivity index (χ2n) is 9.33. The van der Waals surface area contributed by atoms with Crippen LogP contribution in [0.2, 0.25) is 0 Å². The van der Waals surface area contributed by atoms with Gasteiger partial charge in [-0.2, -0.15) is 0 Å². The van der Waals surface area contributed by atoms with E-state index in [0.29, 0.717) is 11.4 Å². The van der Waals surface area contributed by atoms with E-state index in [9.17, 15) is 18.0 Å². The molecular weight excluding hydrogens is 464 g/mol. The Morgan fingerprint density at radius 2 is 1.37 bits per heavy atom. The molecule has 184 valence electrons. The number of nitrogens with zero attached hydrogens (tertiary/aromatic N) is 1. The molecule has 0 heterocycles. The van der Waals surface area contributed by atoms with E-state index in [0.717, 1.165) is 22.9 Å². The highest BCUT2D eigenvalue weighted by Crippen LogP contribution is 2.27. The van der Waals surface area contributed by atoms with Gasteiger partial charge in [0.15, 0.2) is 0 Å². The first-order valence-electron chi connectivity index (χ1n) is 11.0. The number of methoxy groups -OCH3 is 1. The number of carbonyl (C=O) groups excluding carboxylic acids is 2. The van der Waals surface area contributed by atoms with Crippen LogP contribution in [0.5, 0.6) is 0 Å². The normalized spacial score (nSPS) is 11.6. The molecule has 0 unspecified atom stereocenters. The van der Waals surface area contributed by atoms with Gasteiger partial charge in [-0.05, 0) is 51.9 Å². The van der Waals surface area contributed by atoms with Crippen LogP contribution < -0.4 is 9.62 Å². The zero-order valence-corrected chi connectivity index (χ0v) is 21.3. The lowest BCUT2D eigenvalue weighted by Crippen LogP contribution is -2.36. The summed E-state index contributed by atoms with van der Waals surface area (Å²) < 4.78 is 29.9. The van der Waals surface area contributed by atoms with E-state index in [1.54, 1.807) is 36.4 Å². The molecule has 1 N–H and O–H groups in total. The van der Waals surface area contributed by atoms with Crippen LogP contribution in [0.4, 0.5) is 11.4 Å². The van der Waals surface area contributed by atoms with Crippen LogP contribution >= 0.6 is 0 Å². The van der Waals surface area contributed by atoms with Crippen molar-refractivity contribution in [3.63, 3.8) is 0 Å². The van der Waals surface area contributed by atoms with Crippen molar-refractivity contribution >= 4 is 33.3 Å². The monoisotopic (exact) mass is 494 g/mol. The van der Waals surface area contributed by atoms with Crippen molar-refractivity contribution in [2.45, 2.75) is 32.7 Å². The summed E-state index contributed by atoms with van der Waals surface area (Å²) >= 11 is 0. The van der Waals surface area contributed by atoms with E-state index in [2.05, 4.69) is 30.2 Å². The topological polar surface area (TPSA) is 92.8 Å². The van der Waals surface area contributed by atoms with Crippen molar-refractivity contribution < 1.29 is 22.7 Å². The first kappa shape index (κ1) is 26.0.